The zero-order valence-electron chi connectivity index (χ0n) is 16.7. The predicted octanol–water partition coefficient (Wildman–Crippen LogP) is 1.01. The highest BCUT2D eigenvalue weighted by molar-refractivity contribution is 7.90. The van der Waals surface area contributed by atoms with Gasteiger partial charge in [0.15, 0.2) is 15.6 Å². The molecule has 30 heavy (non-hydrogen) atoms. The fourth-order valence-corrected chi connectivity index (χ4v) is 3.93. The van der Waals surface area contributed by atoms with Gasteiger partial charge in [-0.05, 0) is 42.2 Å². The Morgan fingerprint density at radius 2 is 1.60 bits per heavy atom. The monoisotopic (exact) mass is 431 g/mol. The Morgan fingerprint density at radius 1 is 1.00 bits per heavy atom. The lowest BCUT2D eigenvalue weighted by Crippen LogP contribution is -2.44. The molecule has 0 aliphatic heterocycles. The zero-order chi connectivity index (χ0) is 22.3. The first-order valence-corrected chi connectivity index (χ1v) is 11.0. The van der Waals surface area contributed by atoms with Crippen LogP contribution in [0.25, 0.3) is 0 Å². The third-order valence-corrected chi connectivity index (χ3v) is 5.93. The van der Waals surface area contributed by atoms with Crippen molar-refractivity contribution >= 4 is 27.4 Å². The summed E-state index contributed by atoms with van der Waals surface area (Å²) in [6, 6.07) is 6.38. The molecule has 1 aromatic carbocycles. The van der Waals surface area contributed by atoms with Crippen molar-refractivity contribution < 1.29 is 22.8 Å². The average molecular weight is 431 g/mol. The minimum absolute atomic E-state index is 0.0523. The maximum Gasteiger partial charge on any atom is 0.275 e. The lowest BCUT2D eigenvalue weighted by Gasteiger charge is -2.29. The molecule has 1 heterocycles. The number of hydrogen-bond donors (Lipinski definition) is 3. The molecule has 0 saturated carbocycles. The average Bonchev–Trinajstić information content (AvgIpc) is 2.63. The van der Waals surface area contributed by atoms with Gasteiger partial charge in [-0.15, -0.1) is 0 Å². The quantitative estimate of drug-likeness (QED) is 0.619. The third kappa shape index (κ3) is 4.48. The summed E-state index contributed by atoms with van der Waals surface area (Å²) in [6.07, 6.45) is 1.85. The van der Waals surface area contributed by atoms with E-state index < -0.39 is 27.2 Å². The largest absolute Gasteiger partial charge is 0.325 e. The van der Waals surface area contributed by atoms with E-state index >= 15 is 0 Å². The highest BCUT2D eigenvalue weighted by atomic mass is 32.2. The summed E-state index contributed by atoms with van der Waals surface area (Å²) in [6.45, 7) is 3.84. The van der Waals surface area contributed by atoms with Crippen LogP contribution < -0.4 is 16.4 Å². The van der Waals surface area contributed by atoms with Gasteiger partial charge in [-0.2, -0.15) is 0 Å². The molecular weight excluding hydrogens is 410 g/mol. The number of H-pyrrole nitrogens is 1. The van der Waals surface area contributed by atoms with Crippen molar-refractivity contribution in [3.05, 3.63) is 63.1 Å². The van der Waals surface area contributed by atoms with Gasteiger partial charge in [0, 0.05) is 29.5 Å². The van der Waals surface area contributed by atoms with Crippen LogP contribution >= 0.6 is 0 Å². The van der Waals surface area contributed by atoms with E-state index in [2.05, 4.69) is 15.8 Å². The van der Waals surface area contributed by atoms with Crippen LogP contribution in [-0.4, -0.2) is 37.3 Å². The fourth-order valence-electron chi connectivity index (χ4n) is 3.30. The Balaban J connectivity index is 1.74. The molecular formula is C20H21N3O6S. The number of amides is 2. The van der Waals surface area contributed by atoms with E-state index in [0.29, 0.717) is 24.1 Å². The van der Waals surface area contributed by atoms with Crippen LogP contribution in [0.5, 0.6) is 0 Å². The second kappa shape index (κ2) is 7.52. The van der Waals surface area contributed by atoms with Crippen molar-refractivity contribution in [2.24, 2.45) is 5.41 Å². The molecule has 0 unspecified atom stereocenters. The standard InChI is InChI=1S/C20H21N3O6S/c1-20(2)9-15-13(16(24)10-20)8-14(18(26)21-15)19(27)23-22-17(25)11-4-6-12(7-5-11)30(3,28)29/h4-8H,9-10H2,1-3H3,(H,21,26)(H,22,25)(H,23,27). The van der Waals surface area contributed by atoms with Crippen molar-refractivity contribution in [1.82, 2.24) is 15.8 Å². The highest BCUT2D eigenvalue weighted by Crippen LogP contribution is 2.33. The van der Waals surface area contributed by atoms with Gasteiger partial charge in [-0.3, -0.25) is 30.0 Å². The SMILES string of the molecule is CC1(C)CC(=O)c2cc(C(=O)NNC(=O)c3ccc(S(C)(=O)=O)cc3)c(=O)[nH]c2C1. The van der Waals surface area contributed by atoms with E-state index in [1.807, 2.05) is 13.8 Å². The molecule has 3 N–H and O–H groups in total. The van der Waals surface area contributed by atoms with Gasteiger partial charge in [0.25, 0.3) is 17.4 Å². The van der Waals surface area contributed by atoms with E-state index in [-0.39, 0.29) is 27.2 Å². The molecule has 0 atom stereocenters. The molecule has 2 amide bonds. The first-order chi connectivity index (χ1) is 13.9. The normalized spacial score (nSPS) is 15.2. The van der Waals surface area contributed by atoms with Gasteiger partial charge in [-0.1, -0.05) is 13.8 Å². The maximum absolute atomic E-state index is 12.4. The summed E-state index contributed by atoms with van der Waals surface area (Å²) in [5.74, 6) is -1.74. The van der Waals surface area contributed by atoms with Crippen LogP contribution in [-0.2, 0) is 16.3 Å². The minimum Gasteiger partial charge on any atom is -0.325 e. The van der Waals surface area contributed by atoms with Gasteiger partial charge >= 0.3 is 0 Å². The molecule has 0 radical (unpaired) electrons. The van der Waals surface area contributed by atoms with Crippen molar-refractivity contribution in [3.63, 3.8) is 0 Å². The number of fused-ring (bicyclic) bond motifs is 1. The van der Waals surface area contributed by atoms with Gasteiger partial charge in [0.05, 0.1) is 4.90 Å². The lowest BCUT2D eigenvalue weighted by atomic mass is 9.75. The second-order valence-corrected chi connectivity index (χ2v) is 10.1. The zero-order valence-corrected chi connectivity index (χ0v) is 17.5. The molecule has 0 bridgehead atoms. The van der Waals surface area contributed by atoms with Crippen LogP contribution in [0.3, 0.4) is 0 Å². The van der Waals surface area contributed by atoms with E-state index in [1.165, 1.54) is 30.3 Å². The van der Waals surface area contributed by atoms with Gasteiger partial charge in [-0.25, -0.2) is 8.42 Å². The molecule has 3 rings (SSSR count). The molecule has 9 nitrogen and oxygen atoms in total. The van der Waals surface area contributed by atoms with Crippen molar-refractivity contribution in [3.8, 4) is 0 Å². The number of aromatic amines is 1. The number of rotatable bonds is 3. The Kier molecular flexibility index (Phi) is 5.38. The number of pyridine rings is 1. The number of hydrogen-bond acceptors (Lipinski definition) is 6. The van der Waals surface area contributed by atoms with E-state index in [1.54, 1.807) is 0 Å². The maximum atomic E-state index is 12.4. The van der Waals surface area contributed by atoms with Crippen molar-refractivity contribution in [2.75, 3.05) is 6.26 Å². The Hall–Kier alpha value is -3.27. The molecule has 10 heteroatoms. The molecule has 0 fully saturated rings. The highest BCUT2D eigenvalue weighted by Gasteiger charge is 2.32. The third-order valence-electron chi connectivity index (χ3n) is 4.80. The van der Waals surface area contributed by atoms with Gasteiger partial charge < -0.3 is 4.98 Å². The summed E-state index contributed by atoms with van der Waals surface area (Å²) in [5, 5.41) is 0. The van der Waals surface area contributed by atoms with Crippen molar-refractivity contribution in [1.29, 1.82) is 0 Å². The van der Waals surface area contributed by atoms with Crippen LogP contribution in [0, 0.1) is 5.41 Å². The molecule has 0 spiro atoms. The minimum atomic E-state index is -3.40. The molecule has 1 aliphatic rings. The van der Waals surface area contributed by atoms with E-state index in [0.717, 1.165) is 6.26 Å². The topological polar surface area (TPSA) is 142 Å². The Labute approximate surface area is 172 Å². The van der Waals surface area contributed by atoms with Crippen LogP contribution in [0.15, 0.2) is 40.0 Å². The molecule has 158 valence electrons. The molecule has 0 saturated heterocycles. The smallest absolute Gasteiger partial charge is 0.275 e. The first kappa shape index (κ1) is 21.4. The molecule has 2 aromatic rings. The van der Waals surface area contributed by atoms with Crippen LogP contribution in [0.2, 0.25) is 0 Å². The van der Waals surface area contributed by atoms with Crippen molar-refractivity contribution in [2.45, 2.75) is 31.6 Å². The summed E-state index contributed by atoms with van der Waals surface area (Å²) in [4.78, 5) is 51.9. The Bertz CT molecular complexity index is 1210. The number of carbonyl (C=O) groups is 3. The molecule has 1 aliphatic carbocycles. The van der Waals surface area contributed by atoms with Gasteiger partial charge in [0.1, 0.15) is 5.56 Å². The number of benzene rings is 1. The van der Waals surface area contributed by atoms with E-state index in [9.17, 15) is 27.6 Å². The summed E-state index contributed by atoms with van der Waals surface area (Å²) in [5.41, 5.74) is 3.95. The number of carbonyl (C=O) groups excluding carboxylic acids is 3. The van der Waals surface area contributed by atoms with Gasteiger partial charge in [0.2, 0.25) is 0 Å². The predicted molar refractivity (Wildman–Crippen MR) is 108 cm³/mol. The first-order valence-electron chi connectivity index (χ1n) is 9.08. The van der Waals surface area contributed by atoms with Crippen LogP contribution in [0.4, 0.5) is 0 Å². The number of hydrazine groups is 1. The number of Topliss-reactive ketones (excluding diaryl/α,β-unsaturated/α-hetero) is 1. The number of sulfone groups is 1. The number of nitrogens with one attached hydrogen (secondary N) is 3. The number of ketones is 1. The van der Waals surface area contributed by atoms with Crippen LogP contribution in [0.1, 0.15) is 57.0 Å². The lowest BCUT2D eigenvalue weighted by molar-refractivity contribution is 0.0845. The Morgan fingerprint density at radius 3 is 2.20 bits per heavy atom. The summed E-state index contributed by atoms with van der Waals surface area (Å²) >= 11 is 0. The van der Waals surface area contributed by atoms with E-state index in [4.69, 9.17) is 0 Å². The fraction of sp³-hybridized carbons (Fsp3) is 0.300. The second-order valence-electron chi connectivity index (χ2n) is 8.05. The number of aromatic nitrogens is 1. The summed E-state index contributed by atoms with van der Waals surface area (Å²) < 4.78 is 22.9. The molecule has 1 aromatic heterocycles. The summed E-state index contributed by atoms with van der Waals surface area (Å²) in [7, 11) is -3.40.